The van der Waals surface area contributed by atoms with Gasteiger partial charge in [-0.2, -0.15) is 0 Å². The zero-order chi connectivity index (χ0) is 6.85. The third-order valence-electron chi connectivity index (χ3n) is 1.04. The van der Waals surface area contributed by atoms with Gasteiger partial charge in [-0.15, -0.1) is 0 Å². The van der Waals surface area contributed by atoms with E-state index in [-0.39, 0.29) is 0 Å². The highest BCUT2D eigenvalue weighted by Gasteiger charge is 1.98. The van der Waals surface area contributed by atoms with Gasteiger partial charge in [-0.3, -0.25) is 0 Å². The van der Waals surface area contributed by atoms with Gasteiger partial charge < -0.3 is 4.57 Å². The molecule has 1 heterocycles. The average Bonchev–Trinajstić information content (AvgIpc) is 2.10. The molecule has 0 N–H and O–H groups in total. The standard InChI is InChI=1S/C5H6Br2N2/c1-2-9-3-4(6)8-5(9)7/h3H,2H2,1H3. The Morgan fingerprint density at radius 2 is 2.33 bits per heavy atom. The van der Waals surface area contributed by atoms with Crippen LogP contribution < -0.4 is 0 Å². The van der Waals surface area contributed by atoms with E-state index < -0.39 is 0 Å². The van der Waals surface area contributed by atoms with Crippen LogP contribution in [0, 0.1) is 0 Å². The van der Waals surface area contributed by atoms with Gasteiger partial charge in [-0.05, 0) is 38.8 Å². The van der Waals surface area contributed by atoms with E-state index in [2.05, 4.69) is 43.8 Å². The molecule has 9 heavy (non-hydrogen) atoms. The normalized spacial score (nSPS) is 10.1. The average molecular weight is 254 g/mol. The van der Waals surface area contributed by atoms with E-state index in [1.807, 2.05) is 10.8 Å². The first-order valence-electron chi connectivity index (χ1n) is 2.62. The van der Waals surface area contributed by atoms with Gasteiger partial charge >= 0.3 is 0 Å². The summed E-state index contributed by atoms with van der Waals surface area (Å²) >= 11 is 6.56. The van der Waals surface area contributed by atoms with Crippen LogP contribution in [0.3, 0.4) is 0 Å². The Morgan fingerprint density at radius 3 is 2.56 bits per heavy atom. The molecule has 0 saturated heterocycles. The minimum atomic E-state index is 0.872. The Bertz CT molecular complexity index is 207. The minimum Gasteiger partial charge on any atom is -0.325 e. The molecule has 0 amide bonds. The third kappa shape index (κ3) is 1.55. The Labute approximate surface area is 70.5 Å². The van der Waals surface area contributed by atoms with Gasteiger partial charge in [0.15, 0.2) is 4.73 Å². The van der Waals surface area contributed by atoms with Crippen molar-refractivity contribution in [2.24, 2.45) is 0 Å². The Hall–Kier alpha value is 0.170. The minimum absolute atomic E-state index is 0.872. The molecular formula is C5H6Br2N2. The number of nitrogens with zero attached hydrogens (tertiary/aromatic N) is 2. The van der Waals surface area contributed by atoms with E-state index in [1.165, 1.54) is 0 Å². The van der Waals surface area contributed by atoms with Gasteiger partial charge in [-0.25, -0.2) is 4.98 Å². The number of hydrogen-bond donors (Lipinski definition) is 0. The van der Waals surface area contributed by atoms with Gasteiger partial charge in [0.05, 0.1) is 0 Å². The lowest BCUT2D eigenvalue weighted by atomic mass is 10.7. The number of halogens is 2. The van der Waals surface area contributed by atoms with Crippen molar-refractivity contribution < 1.29 is 0 Å². The Morgan fingerprint density at radius 1 is 1.67 bits per heavy atom. The predicted octanol–water partition coefficient (Wildman–Crippen LogP) is 2.43. The van der Waals surface area contributed by atoms with Crippen molar-refractivity contribution in [3.8, 4) is 0 Å². The fourth-order valence-electron chi connectivity index (χ4n) is 0.585. The predicted molar refractivity (Wildman–Crippen MR) is 43.3 cm³/mol. The van der Waals surface area contributed by atoms with E-state index in [4.69, 9.17) is 0 Å². The molecule has 0 aromatic carbocycles. The summed E-state index contributed by atoms with van der Waals surface area (Å²) in [5.74, 6) is 0. The lowest BCUT2D eigenvalue weighted by Gasteiger charge is -1.93. The maximum atomic E-state index is 4.08. The van der Waals surface area contributed by atoms with E-state index in [1.54, 1.807) is 0 Å². The summed E-state index contributed by atoms with van der Waals surface area (Å²) in [6.07, 6.45) is 1.93. The van der Waals surface area contributed by atoms with Gasteiger partial charge in [0, 0.05) is 12.7 Å². The molecule has 0 aliphatic rings. The monoisotopic (exact) mass is 252 g/mol. The SMILES string of the molecule is CCn1cc(Br)nc1Br. The zero-order valence-corrected chi connectivity index (χ0v) is 8.11. The molecule has 0 radical (unpaired) electrons. The van der Waals surface area contributed by atoms with Crippen LogP contribution in [0.25, 0.3) is 0 Å². The summed E-state index contributed by atoms with van der Waals surface area (Å²) in [7, 11) is 0. The maximum Gasteiger partial charge on any atom is 0.178 e. The first-order chi connectivity index (χ1) is 4.24. The van der Waals surface area contributed by atoms with Gasteiger partial charge in [0.1, 0.15) is 4.60 Å². The van der Waals surface area contributed by atoms with Crippen molar-refractivity contribution in [1.82, 2.24) is 9.55 Å². The summed E-state index contributed by atoms with van der Waals surface area (Å²) in [6.45, 7) is 3.01. The Balaban J connectivity index is 3.01. The molecule has 2 nitrogen and oxygen atoms in total. The molecule has 1 aromatic rings. The van der Waals surface area contributed by atoms with Crippen LogP contribution in [0.5, 0.6) is 0 Å². The number of rotatable bonds is 1. The fourth-order valence-corrected chi connectivity index (χ4v) is 1.78. The van der Waals surface area contributed by atoms with Crippen molar-refractivity contribution in [3.63, 3.8) is 0 Å². The van der Waals surface area contributed by atoms with Gasteiger partial charge in [0.2, 0.25) is 0 Å². The Kier molecular flexibility index (Phi) is 2.29. The number of aromatic nitrogens is 2. The number of aryl methyl sites for hydroxylation is 1. The number of hydrogen-bond acceptors (Lipinski definition) is 1. The first kappa shape index (κ1) is 7.28. The summed E-state index contributed by atoms with van der Waals surface area (Å²) in [6, 6.07) is 0. The highest BCUT2D eigenvalue weighted by molar-refractivity contribution is 9.11. The van der Waals surface area contributed by atoms with Crippen molar-refractivity contribution >= 4 is 31.9 Å². The van der Waals surface area contributed by atoms with Crippen LogP contribution in [0.1, 0.15) is 6.92 Å². The molecule has 0 unspecified atom stereocenters. The molecule has 0 fully saturated rings. The molecule has 0 saturated carbocycles. The van der Waals surface area contributed by atoms with E-state index in [0.717, 1.165) is 15.9 Å². The van der Waals surface area contributed by atoms with Crippen LogP contribution in [-0.2, 0) is 6.54 Å². The third-order valence-corrected chi connectivity index (χ3v) is 2.05. The maximum absolute atomic E-state index is 4.08. The van der Waals surface area contributed by atoms with E-state index in [0.29, 0.717) is 0 Å². The largest absolute Gasteiger partial charge is 0.325 e. The van der Waals surface area contributed by atoms with Crippen LogP contribution in [-0.4, -0.2) is 9.55 Å². The van der Waals surface area contributed by atoms with E-state index in [9.17, 15) is 0 Å². The molecule has 1 rings (SSSR count). The van der Waals surface area contributed by atoms with Gasteiger partial charge in [-0.1, -0.05) is 0 Å². The van der Waals surface area contributed by atoms with Crippen LogP contribution in [0.4, 0.5) is 0 Å². The highest BCUT2D eigenvalue weighted by Crippen LogP contribution is 2.13. The highest BCUT2D eigenvalue weighted by atomic mass is 79.9. The summed E-state index contributed by atoms with van der Waals surface area (Å²) < 4.78 is 3.75. The van der Waals surface area contributed by atoms with Crippen molar-refractivity contribution in [3.05, 3.63) is 15.5 Å². The van der Waals surface area contributed by atoms with E-state index >= 15 is 0 Å². The molecule has 0 bridgehead atoms. The molecule has 1 aromatic heterocycles. The van der Waals surface area contributed by atoms with Crippen molar-refractivity contribution in [1.29, 1.82) is 0 Å². The molecule has 0 aliphatic carbocycles. The summed E-state index contributed by atoms with van der Waals surface area (Å²) in [5.41, 5.74) is 0. The van der Waals surface area contributed by atoms with Crippen LogP contribution >= 0.6 is 31.9 Å². The lowest BCUT2D eigenvalue weighted by Crippen LogP contribution is -1.90. The zero-order valence-electron chi connectivity index (χ0n) is 4.93. The molecule has 0 atom stereocenters. The fraction of sp³-hybridized carbons (Fsp3) is 0.400. The molecular weight excluding hydrogens is 248 g/mol. The van der Waals surface area contributed by atoms with Crippen LogP contribution in [0.15, 0.2) is 15.5 Å². The summed E-state index contributed by atoms with van der Waals surface area (Å²) in [5, 5.41) is 0. The first-order valence-corrected chi connectivity index (χ1v) is 4.20. The molecule has 0 spiro atoms. The van der Waals surface area contributed by atoms with Crippen LogP contribution in [0.2, 0.25) is 0 Å². The van der Waals surface area contributed by atoms with Gasteiger partial charge in [0.25, 0.3) is 0 Å². The summed E-state index contributed by atoms with van der Waals surface area (Å²) in [4.78, 5) is 4.08. The number of imidazole rings is 1. The smallest absolute Gasteiger partial charge is 0.178 e. The second kappa shape index (κ2) is 2.84. The second-order valence-corrected chi connectivity index (χ2v) is 3.14. The van der Waals surface area contributed by atoms with Crippen molar-refractivity contribution in [2.75, 3.05) is 0 Å². The van der Waals surface area contributed by atoms with Crippen molar-refractivity contribution in [2.45, 2.75) is 13.5 Å². The topological polar surface area (TPSA) is 17.8 Å². The molecule has 0 aliphatic heterocycles. The second-order valence-electron chi connectivity index (χ2n) is 1.62. The molecule has 50 valence electrons. The molecule has 4 heteroatoms. The lowest BCUT2D eigenvalue weighted by molar-refractivity contribution is 0.741. The quantitative estimate of drug-likeness (QED) is 0.752.